The Morgan fingerprint density at radius 3 is 2.88 bits per heavy atom. The van der Waals surface area contributed by atoms with E-state index in [0.717, 1.165) is 42.3 Å². The Hall–Kier alpha value is -1.48. The van der Waals surface area contributed by atoms with E-state index in [1.54, 1.807) is 6.07 Å². The zero-order valence-corrected chi connectivity index (χ0v) is 9.16. The van der Waals surface area contributed by atoms with Gasteiger partial charge in [0.1, 0.15) is 5.75 Å². The second kappa shape index (κ2) is 3.25. The van der Waals surface area contributed by atoms with E-state index < -0.39 is 0 Å². The average Bonchev–Trinajstić information content (AvgIpc) is 2.84. The fourth-order valence-corrected chi connectivity index (χ4v) is 2.13. The summed E-state index contributed by atoms with van der Waals surface area (Å²) in [5.41, 5.74) is 8.31. The van der Waals surface area contributed by atoms with E-state index in [4.69, 9.17) is 5.73 Å². The molecule has 16 heavy (non-hydrogen) atoms. The van der Waals surface area contributed by atoms with Crippen molar-refractivity contribution in [1.82, 2.24) is 4.98 Å². The summed E-state index contributed by atoms with van der Waals surface area (Å²) in [6.45, 7) is 0. The van der Waals surface area contributed by atoms with Crippen LogP contribution in [0.3, 0.4) is 0 Å². The molecule has 1 aliphatic rings. The van der Waals surface area contributed by atoms with E-state index in [2.05, 4.69) is 4.98 Å². The lowest BCUT2D eigenvalue weighted by Crippen LogP contribution is -2.22. The summed E-state index contributed by atoms with van der Waals surface area (Å²) in [4.78, 5) is 3.32. The van der Waals surface area contributed by atoms with Crippen molar-refractivity contribution in [3.63, 3.8) is 0 Å². The summed E-state index contributed by atoms with van der Waals surface area (Å²) in [7, 11) is 0. The highest BCUT2D eigenvalue weighted by Gasteiger charge is 2.37. The molecule has 3 rings (SSSR count). The molecule has 3 nitrogen and oxygen atoms in total. The molecule has 0 amide bonds. The number of H-pyrrole nitrogens is 1. The summed E-state index contributed by atoms with van der Waals surface area (Å²) in [5.74, 6) is 0.342. The van der Waals surface area contributed by atoms with Gasteiger partial charge in [-0.2, -0.15) is 0 Å². The lowest BCUT2D eigenvalue weighted by molar-refractivity contribution is 0.481. The van der Waals surface area contributed by atoms with Crippen molar-refractivity contribution >= 4 is 10.9 Å². The number of phenolic OH excluding ortho intramolecular Hbond substituents is 1. The van der Waals surface area contributed by atoms with Gasteiger partial charge in [0.2, 0.25) is 0 Å². The molecule has 3 heteroatoms. The maximum absolute atomic E-state index is 9.68. The fourth-order valence-electron chi connectivity index (χ4n) is 2.13. The van der Waals surface area contributed by atoms with Crippen LogP contribution in [0.5, 0.6) is 5.75 Å². The summed E-state index contributed by atoms with van der Waals surface area (Å²) in [6.07, 6.45) is 4.29. The number of rotatable bonds is 3. The Bertz CT molecular complexity index is 526. The van der Waals surface area contributed by atoms with Crippen molar-refractivity contribution in [2.75, 3.05) is 0 Å². The molecule has 0 saturated heterocycles. The van der Waals surface area contributed by atoms with Gasteiger partial charge in [-0.05, 0) is 43.9 Å². The van der Waals surface area contributed by atoms with Crippen LogP contribution < -0.4 is 5.73 Å². The molecule has 2 aromatic rings. The molecule has 1 aromatic carbocycles. The highest BCUT2D eigenvalue weighted by Crippen LogP contribution is 2.37. The van der Waals surface area contributed by atoms with Gasteiger partial charge >= 0.3 is 0 Å². The first kappa shape index (κ1) is 9.73. The number of aromatic amines is 1. The van der Waals surface area contributed by atoms with Crippen molar-refractivity contribution in [1.29, 1.82) is 0 Å². The Morgan fingerprint density at radius 2 is 2.19 bits per heavy atom. The van der Waals surface area contributed by atoms with Gasteiger partial charge in [-0.15, -0.1) is 0 Å². The van der Waals surface area contributed by atoms with Crippen LogP contribution in [0.15, 0.2) is 24.3 Å². The molecule has 0 aliphatic heterocycles. The molecule has 0 radical (unpaired) electrons. The molecule has 0 unspecified atom stereocenters. The molecule has 1 saturated carbocycles. The number of hydrogen-bond acceptors (Lipinski definition) is 2. The van der Waals surface area contributed by atoms with Gasteiger partial charge in [0, 0.05) is 22.1 Å². The second-order valence-electron chi connectivity index (χ2n) is 4.90. The van der Waals surface area contributed by atoms with Crippen LogP contribution in [0.25, 0.3) is 10.9 Å². The molecule has 1 aliphatic carbocycles. The molecule has 4 N–H and O–H groups in total. The van der Waals surface area contributed by atoms with E-state index in [0.29, 0.717) is 5.75 Å². The lowest BCUT2D eigenvalue weighted by Gasteiger charge is -2.05. The number of fused-ring (bicyclic) bond motifs is 1. The largest absolute Gasteiger partial charge is 0.507 e. The minimum Gasteiger partial charge on any atom is -0.507 e. The van der Waals surface area contributed by atoms with Crippen molar-refractivity contribution < 1.29 is 5.11 Å². The van der Waals surface area contributed by atoms with Crippen LogP contribution in [0, 0.1) is 0 Å². The van der Waals surface area contributed by atoms with Crippen LogP contribution in [-0.2, 0) is 6.42 Å². The van der Waals surface area contributed by atoms with Crippen LogP contribution in [-0.4, -0.2) is 15.6 Å². The van der Waals surface area contributed by atoms with Gasteiger partial charge in [0.15, 0.2) is 0 Å². The fraction of sp³-hybridized carbons (Fsp3) is 0.385. The highest BCUT2D eigenvalue weighted by molar-refractivity contribution is 5.86. The molecular formula is C13H16N2O. The maximum atomic E-state index is 9.68. The second-order valence-corrected chi connectivity index (χ2v) is 4.90. The number of aromatic nitrogens is 1. The quantitative estimate of drug-likeness (QED) is 0.737. The van der Waals surface area contributed by atoms with E-state index in [-0.39, 0.29) is 5.54 Å². The smallest absolute Gasteiger partial charge is 0.124 e. The normalized spacial score (nSPS) is 17.8. The molecule has 0 spiro atoms. The van der Waals surface area contributed by atoms with Gasteiger partial charge in [-0.1, -0.05) is 6.07 Å². The third kappa shape index (κ3) is 1.67. The standard InChI is InChI=1S/C13H16N2O/c14-13(6-7-13)5-4-9-8-10-11(15-9)2-1-3-12(10)16/h1-3,8,15-16H,4-7,14H2. The number of nitrogens with one attached hydrogen (secondary N) is 1. The van der Waals surface area contributed by atoms with Crippen molar-refractivity contribution in [2.45, 2.75) is 31.2 Å². The summed E-state index contributed by atoms with van der Waals surface area (Å²) in [6, 6.07) is 7.57. The molecule has 1 heterocycles. The first-order chi connectivity index (χ1) is 7.66. The SMILES string of the molecule is NC1(CCc2cc3c(O)cccc3[nH]2)CC1. The minimum absolute atomic E-state index is 0.0966. The monoisotopic (exact) mass is 216 g/mol. The predicted octanol–water partition coefficient (Wildman–Crippen LogP) is 2.30. The van der Waals surface area contributed by atoms with E-state index in [1.165, 1.54) is 0 Å². The minimum atomic E-state index is 0.0966. The van der Waals surface area contributed by atoms with Gasteiger partial charge in [-0.25, -0.2) is 0 Å². The van der Waals surface area contributed by atoms with Crippen LogP contribution in [0.2, 0.25) is 0 Å². The highest BCUT2D eigenvalue weighted by atomic mass is 16.3. The number of phenols is 1. The Morgan fingerprint density at radius 1 is 1.38 bits per heavy atom. The molecule has 1 fully saturated rings. The average molecular weight is 216 g/mol. The van der Waals surface area contributed by atoms with Gasteiger partial charge in [-0.3, -0.25) is 0 Å². The molecule has 1 aromatic heterocycles. The number of benzene rings is 1. The first-order valence-electron chi connectivity index (χ1n) is 5.75. The Labute approximate surface area is 94.3 Å². The summed E-state index contributed by atoms with van der Waals surface area (Å²) < 4.78 is 0. The number of aromatic hydroxyl groups is 1. The summed E-state index contributed by atoms with van der Waals surface area (Å²) in [5, 5.41) is 10.6. The predicted molar refractivity (Wildman–Crippen MR) is 64.4 cm³/mol. The molecule has 84 valence electrons. The van der Waals surface area contributed by atoms with Gasteiger partial charge in [0.25, 0.3) is 0 Å². The lowest BCUT2D eigenvalue weighted by atomic mass is 10.1. The van der Waals surface area contributed by atoms with Gasteiger partial charge < -0.3 is 15.8 Å². The van der Waals surface area contributed by atoms with Crippen molar-refractivity contribution in [2.24, 2.45) is 5.73 Å². The van der Waals surface area contributed by atoms with Crippen molar-refractivity contribution in [3.8, 4) is 5.75 Å². The number of hydrogen-bond donors (Lipinski definition) is 3. The Kier molecular flexibility index (Phi) is 1.98. The van der Waals surface area contributed by atoms with Gasteiger partial charge in [0.05, 0.1) is 0 Å². The van der Waals surface area contributed by atoms with E-state index >= 15 is 0 Å². The van der Waals surface area contributed by atoms with Crippen LogP contribution in [0.4, 0.5) is 0 Å². The Balaban J connectivity index is 1.85. The molecular weight excluding hydrogens is 200 g/mol. The number of nitrogens with two attached hydrogens (primary N) is 1. The van der Waals surface area contributed by atoms with Crippen molar-refractivity contribution in [3.05, 3.63) is 30.0 Å². The van der Waals surface area contributed by atoms with E-state index in [1.807, 2.05) is 18.2 Å². The van der Waals surface area contributed by atoms with E-state index in [9.17, 15) is 5.11 Å². The topological polar surface area (TPSA) is 62.0 Å². The zero-order chi connectivity index (χ0) is 11.2. The third-order valence-electron chi connectivity index (χ3n) is 3.48. The third-order valence-corrected chi connectivity index (χ3v) is 3.48. The molecule has 0 atom stereocenters. The first-order valence-corrected chi connectivity index (χ1v) is 5.75. The maximum Gasteiger partial charge on any atom is 0.124 e. The van der Waals surface area contributed by atoms with Crippen LogP contribution in [0.1, 0.15) is 25.0 Å². The summed E-state index contributed by atoms with van der Waals surface area (Å²) >= 11 is 0. The number of aryl methyl sites for hydroxylation is 1. The zero-order valence-electron chi connectivity index (χ0n) is 9.16. The molecule has 0 bridgehead atoms. The van der Waals surface area contributed by atoms with Crippen LogP contribution >= 0.6 is 0 Å².